The van der Waals surface area contributed by atoms with Crippen LogP contribution in [0.1, 0.15) is 0 Å². The summed E-state index contributed by atoms with van der Waals surface area (Å²) in [6, 6.07) is 21.2. The topological polar surface area (TPSA) is 70.1 Å². The Morgan fingerprint density at radius 2 is 1.50 bits per heavy atom. The molecule has 4 rings (SSSR count). The number of alkyl halides is 2. The van der Waals surface area contributed by atoms with Crippen molar-refractivity contribution < 1.29 is 23.1 Å². The zero-order valence-electron chi connectivity index (χ0n) is 20.8. The van der Waals surface area contributed by atoms with Gasteiger partial charge >= 0.3 is 7.75 Å². The van der Waals surface area contributed by atoms with Crippen LogP contribution in [0.3, 0.4) is 0 Å². The van der Waals surface area contributed by atoms with Crippen molar-refractivity contribution in [3.8, 4) is 34.3 Å². The lowest BCUT2D eigenvalue weighted by molar-refractivity contribution is 0.297. The Kier molecular flexibility index (Phi) is 9.64. The Morgan fingerprint density at radius 1 is 0.816 bits per heavy atom. The van der Waals surface area contributed by atoms with Gasteiger partial charge in [0.25, 0.3) is 0 Å². The second-order valence-corrected chi connectivity index (χ2v) is 11.1. The quantitative estimate of drug-likeness (QED) is 0.122. The van der Waals surface area contributed by atoms with Crippen LogP contribution in [-0.2, 0) is 4.57 Å². The fourth-order valence-electron chi connectivity index (χ4n) is 3.81. The van der Waals surface area contributed by atoms with Crippen LogP contribution in [0.15, 0.2) is 72.8 Å². The van der Waals surface area contributed by atoms with E-state index in [0.717, 1.165) is 5.56 Å². The highest BCUT2D eigenvalue weighted by Crippen LogP contribution is 2.54. The number of aromatic nitrogens is 1. The zero-order valence-corrected chi connectivity index (χ0v) is 23.9. The van der Waals surface area contributed by atoms with Gasteiger partial charge in [-0.2, -0.15) is 4.67 Å². The van der Waals surface area contributed by atoms with E-state index in [4.69, 9.17) is 58.3 Å². The Balaban J connectivity index is 1.93. The first-order valence-electron chi connectivity index (χ1n) is 11.6. The van der Waals surface area contributed by atoms with Crippen LogP contribution in [0.5, 0.6) is 23.0 Å². The number of hydrogen-bond donors (Lipinski definition) is 0. The lowest BCUT2D eigenvalue weighted by Gasteiger charge is -2.30. The molecule has 0 radical (unpaired) electrons. The standard InChI is InChI=1S/C27H26Cl3N2O5P/c1-34-22-16-24-27(25(17-22)35-2)26(18-23(31-24)19-8-10-20(30)11-9-19)37-38(33,32(14-12-28)15-13-29)36-21-6-4-3-5-7-21/h3-11,16-18H,12-15H2,1-2H3. The predicted molar refractivity (Wildman–Crippen MR) is 154 cm³/mol. The maximum Gasteiger partial charge on any atom is 0.515 e. The molecule has 0 saturated heterocycles. The van der Waals surface area contributed by atoms with Gasteiger partial charge in [0.05, 0.1) is 30.8 Å². The first-order valence-corrected chi connectivity index (χ1v) is 14.6. The predicted octanol–water partition coefficient (Wildman–Crippen LogP) is 7.92. The molecular formula is C27H26Cl3N2O5P. The summed E-state index contributed by atoms with van der Waals surface area (Å²) in [6.07, 6.45) is 0. The second kappa shape index (κ2) is 12.9. The van der Waals surface area contributed by atoms with Gasteiger partial charge in [-0.15, -0.1) is 23.2 Å². The molecule has 1 heterocycles. The van der Waals surface area contributed by atoms with Crippen molar-refractivity contribution in [2.45, 2.75) is 0 Å². The lowest BCUT2D eigenvalue weighted by atomic mass is 10.1. The Morgan fingerprint density at radius 3 is 2.11 bits per heavy atom. The normalized spacial score (nSPS) is 12.8. The van der Waals surface area contributed by atoms with Crippen molar-refractivity contribution in [1.29, 1.82) is 0 Å². The molecule has 0 saturated carbocycles. The summed E-state index contributed by atoms with van der Waals surface area (Å²) >= 11 is 18.2. The van der Waals surface area contributed by atoms with Gasteiger partial charge in [0, 0.05) is 53.6 Å². The maximum atomic E-state index is 14.6. The number of ether oxygens (including phenoxy) is 2. The first kappa shape index (κ1) is 28.3. The number of nitrogens with zero attached hydrogens (tertiary/aromatic N) is 2. The third-order valence-electron chi connectivity index (χ3n) is 5.61. The summed E-state index contributed by atoms with van der Waals surface area (Å²) in [6.45, 7) is 0.437. The number of methoxy groups -OCH3 is 2. The van der Waals surface area contributed by atoms with Crippen LogP contribution in [0.2, 0.25) is 5.02 Å². The van der Waals surface area contributed by atoms with Gasteiger partial charge in [-0.1, -0.05) is 41.9 Å². The number of benzene rings is 3. The molecule has 0 aliphatic carbocycles. The Hall–Kier alpha value is -2.67. The summed E-state index contributed by atoms with van der Waals surface area (Å²) in [7, 11) is -0.969. The van der Waals surface area contributed by atoms with E-state index in [1.54, 1.807) is 61.7 Å². The molecule has 7 nitrogen and oxygen atoms in total. The van der Waals surface area contributed by atoms with Gasteiger partial charge in [-0.05, 0) is 24.3 Å². The third-order valence-corrected chi connectivity index (χ3v) is 8.17. The summed E-state index contributed by atoms with van der Waals surface area (Å²) in [5, 5.41) is 1.09. The SMILES string of the molecule is COc1cc(OC)c2c(OP(=O)(Oc3ccccc3)N(CCCl)CCCl)cc(-c3ccc(Cl)cc3)nc2c1. The molecule has 0 fully saturated rings. The minimum Gasteiger partial charge on any atom is -0.497 e. The number of fused-ring (bicyclic) bond motifs is 1. The second-order valence-electron chi connectivity index (χ2n) is 8.03. The van der Waals surface area contributed by atoms with E-state index >= 15 is 0 Å². The van der Waals surface area contributed by atoms with E-state index in [1.165, 1.54) is 11.8 Å². The molecule has 1 unspecified atom stereocenters. The van der Waals surface area contributed by atoms with Crippen LogP contribution in [0, 0.1) is 0 Å². The van der Waals surface area contributed by atoms with E-state index in [0.29, 0.717) is 38.9 Å². The van der Waals surface area contributed by atoms with Crippen LogP contribution in [0.4, 0.5) is 0 Å². The van der Waals surface area contributed by atoms with Crippen molar-refractivity contribution in [3.05, 3.63) is 77.8 Å². The highest BCUT2D eigenvalue weighted by Gasteiger charge is 2.38. The number of rotatable bonds is 12. The molecule has 0 N–H and O–H groups in total. The van der Waals surface area contributed by atoms with Gasteiger partial charge in [0.1, 0.15) is 23.0 Å². The number of hydrogen-bond acceptors (Lipinski definition) is 6. The monoisotopic (exact) mass is 594 g/mol. The van der Waals surface area contributed by atoms with Crippen molar-refractivity contribution in [2.75, 3.05) is 39.1 Å². The van der Waals surface area contributed by atoms with Crippen molar-refractivity contribution >= 4 is 53.5 Å². The van der Waals surface area contributed by atoms with Crippen molar-refractivity contribution in [3.63, 3.8) is 0 Å². The largest absolute Gasteiger partial charge is 0.515 e. The maximum absolute atomic E-state index is 14.6. The number of pyridine rings is 1. The van der Waals surface area contributed by atoms with Gasteiger partial charge in [0.2, 0.25) is 0 Å². The minimum atomic E-state index is -4.05. The smallest absolute Gasteiger partial charge is 0.497 e. The van der Waals surface area contributed by atoms with E-state index in [-0.39, 0.29) is 30.6 Å². The van der Waals surface area contributed by atoms with E-state index in [2.05, 4.69) is 0 Å². The average Bonchev–Trinajstić information content (AvgIpc) is 2.93. The molecule has 200 valence electrons. The molecule has 1 aromatic heterocycles. The summed E-state index contributed by atoms with van der Waals surface area (Å²) < 4.78 is 39.6. The van der Waals surface area contributed by atoms with E-state index in [9.17, 15) is 4.57 Å². The molecule has 3 aromatic carbocycles. The molecule has 38 heavy (non-hydrogen) atoms. The van der Waals surface area contributed by atoms with Crippen LogP contribution in [0.25, 0.3) is 22.2 Å². The molecule has 0 bridgehead atoms. The summed E-state index contributed by atoms with van der Waals surface area (Å²) in [5.74, 6) is 1.96. The Labute approximate surface area is 236 Å². The molecular weight excluding hydrogens is 570 g/mol. The van der Waals surface area contributed by atoms with Crippen LogP contribution in [-0.4, -0.2) is 48.7 Å². The first-order chi connectivity index (χ1) is 18.4. The Bertz CT molecular complexity index is 1420. The van der Waals surface area contributed by atoms with Crippen LogP contribution < -0.4 is 18.5 Å². The summed E-state index contributed by atoms with van der Waals surface area (Å²) in [4.78, 5) is 4.82. The van der Waals surface area contributed by atoms with Crippen LogP contribution >= 0.6 is 42.5 Å². The van der Waals surface area contributed by atoms with Crippen molar-refractivity contribution in [1.82, 2.24) is 9.65 Å². The molecule has 1 atom stereocenters. The van der Waals surface area contributed by atoms with E-state index in [1.807, 2.05) is 18.2 Å². The molecule has 0 aliphatic rings. The number of para-hydroxylation sites is 1. The fourth-order valence-corrected chi connectivity index (χ4v) is 6.32. The highest BCUT2D eigenvalue weighted by atomic mass is 35.5. The summed E-state index contributed by atoms with van der Waals surface area (Å²) in [5.41, 5.74) is 1.85. The minimum absolute atomic E-state index is 0.191. The molecule has 0 aliphatic heterocycles. The fraction of sp³-hybridized carbons (Fsp3) is 0.222. The van der Waals surface area contributed by atoms with Gasteiger partial charge in [-0.25, -0.2) is 9.55 Å². The third kappa shape index (κ3) is 6.48. The highest BCUT2D eigenvalue weighted by molar-refractivity contribution is 7.52. The lowest BCUT2D eigenvalue weighted by Crippen LogP contribution is -2.29. The molecule has 0 spiro atoms. The van der Waals surface area contributed by atoms with E-state index < -0.39 is 7.75 Å². The van der Waals surface area contributed by atoms with Crippen molar-refractivity contribution in [2.24, 2.45) is 0 Å². The number of halogens is 3. The molecule has 11 heteroatoms. The molecule has 0 amide bonds. The zero-order chi connectivity index (χ0) is 27.1. The van der Waals surface area contributed by atoms with Gasteiger partial charge in [0.15, 0.2) is 0 Å². The molecule has 4 aromatic rings. The average molecular weight is 596 g/mol. The van der Waals surface area contributed by atoms with Gasteiger partial charge < -0.3 is 18.5 Å². The van der Waals surface area contributed by atoms with Gasteiger partial charge in [-0.3, -0.25) is 0 Å².